The predicted octanol–water partition coefficient (Wildman–Crippen LogP) is 0.965. The van der Waals surface area contributed by atoms with E-state index in [1.54, 1.807) is 0 Å². The fourth-order valence-corrected chi connectivity index (χ4v) is 1.43. The van der Waals surface area contributed by atoms with Crippen molar-refractivity contribution < 1.29 is 23.5 Å². The summed E-state index contributed by atoms with van der Waals surface area (Å²) in [6.45, 7) is 1.13. The smallest absolute Gasteiger partial charge is 0.315 e. The van der Waals surface area contributed by atoms with Gasteiger partial charge in [0.2, 0.25) is 5.91 Å². The van der Waals surface area contributed by atoms with Gasteiger partial charge in [0, 0.05) is 25.9 Å². The van der Waals surface area contributed by atoms with Crippen LogP contribution in [0, 0.1) is 5.92 Å². The van der Waals surface area contributed by atoms with Crippen molar-refractivity contribution in [2.75, 3.05) is 13.1 Å². The summed E-state index contributed by atoms with van der Waals surface area (Å²) in [5, 5.41) is 8.59. The fourth-order valence-electron chi connectivity index (χ4n) is 1.43. The standard InChI is InChI=1S/C9H13F2NO3/c1-6(8(14)15)7(13)12-4-2-9(10,11)3-5-12/h6H,2-5H2,1H3,(H,14,15). The molecule has 0 bridgehead atoms. The van der Waals surface area contributed by atoms with Gasteiger partial charge >= 0.3 is 5.97 Å². The molecule has 1 fully saturated rings. The van der Waals surface area contributed by atoms with Crippen LogP contribution in [0.4, 0.5) is 8.78 Å². The Morgan fingerprint density at radius 2 is 1.80 bits per heavy atom. The first kappa shape index (κ1) is 11.9. The maximum Gasteiger partial charge on any atom is 0.315 e. The van der Waals surface area contributed by atoms with Gasteiger partial charge < -0.3 is 10.0 Å². The average Bonchev–Trinajstić information content (AvgIpc) is 2.15. The molecule has 0 spiro atoms. The van der Waals surface area contributed by atoms with Gasteiger partial charge in [0.25, 0.3) is 5.92 Å². The lowest BCUT2D eigenvalue weighted by atomic mass is 10.0. The lowest BCUT2D eigenvalue weighted by Crippen LogP contribution is -2.46. The minimum atomic E-state index is -2.72. The van der Waals surface area contributed by atoms with Gasteiger partial charge in [-0.05, 0) is 6.92 Å². The number of amides is 1. The van der Waals surface area contributed by atoms with E-state index in [1.165, 1.54) is 11.8 Å². The van der Waals surface area contributed by atoms with E-state index in [0.717, 1.165) is 0 Å². The topological polar surface area (TPSA) is 57.6 Å². The highest BCUT2D eigenvalue weighted by atomic mass is 19.3. The number of hydrogen-bond donors (Lipinski definition) is 1. The Labute approximate surface area is 85.9 Å². The predicted molar refractivity (Wildman–Crippen MR) is 47.6 cm³/mol. The van der Waals surface area contributed by atoms with Crippen LogP contribution in [0.3, 0.4) is 0 Å². The molecule has 1 amide bonds. The number of likely N-dealkylation sites (tertiary alicyclic amines) is 1. The molecule has 1 N–H and O–H groups in total. The van der Waals surface area contributed by atoms with Crippen LogP contribution < -0.4 is 0 Å². The number of nitrogens with zero attached hydrogens (tertiary/aromatic N) is 1. The number of rotatable bonds is 2. The van der Waals surface area contributed by atoms with Crippen molar-refractivity contribution in [3.8, 4) is 0 Å². The maximum absolute atomic E-state index is 12.7. The Morgan fingerprint density at radius 3 is 2.20 bits per heavy atom. The second-order valence-corrected chi connectivity index (χ2v) is 3.74. The second kappa shape index (κ2) is 4.12. The molecule has 1 atom stereocenters. The molecule has 0 aromatic heterocycles. The van der Waals surface area contributed by atoms with Crippen LogP contribution in [0.15, 0.2) is 0 Å². The minimum absolute atomic E-state index is 0.0660. The molecule has 86 valence electrons. The van der Waals surface area contributed by atoms with Crippen LogP contribution in [0.5, 0.6) is 0 Å². The van der Waals surface area contributed by atoms with E-state index in [4.69, 9.17) is 5.11 Å². The molecule has 0 aromatic carbocycles. The van der Waals surface area contributed by atoms with Gasteiger partial charge in [0.1, 0.15) is 5.92 Å². The third-order valence-electron chi connectivity index (χ3n) is 2.55. The van der Waals surface area contributed by atoms with Crippen LogP contribution in [0.25, 0.3) is 0 Å². The first-order valence-corrected chi connectivity index (χ1v) is 4.73. The first-order chi connectivity index (χ1) is 6.83. The van der Waals surface area contributed by atoms with Crippen LogP contribution in [-0.2, 0) is 9.59 Å². The van der Waals surface area contributed by atoms with E-state index >= 15 is 0 Å². The van der Waals surface area contributed by atoms with E-state index in [2.05, 4.69) is 0 Å². The van der Waals surface area contributed by atoms with Gasteiger partial charge in [-0.15, -0.1) is 0 Å². The number of aliphatic carboxylic acids is 1. The molecule has 4 nitrogen and oxygen atoms in total. The Balaban J connectivity index is 2.54. The van der Waals surface area contributed by atoms with Crippen molar-refractivity contribution in [1.82, 2.24) is 4.90 Å². The summed E-state index contributed by atoms with van der Waals surface area (Å²) in [4.78, 5) is 23.2. The van der Waals surface area contributed by atoms with Gasteiger partial charge in [-0.1, -0.05) is 0 Å². The highest BCUT2D eigenvalue weighted by molar-refractivity contribution is 5.96. The molecule has 0 radical (unpaired) electrons. The number of carboxylic acid groups (broad SMARTS) is 1. The highest BCUT2D eigenvalue weighted by Gasteiger charge is 2.37. The molecular formula is C9H13F2NO3. The maximum atomic E-state index is 12.7. The van der Waals surface area contributed by atoms with Gasteiger partial charge in [-0.2, -0.15) is 0 Å². The van der Waals surface area contributed by atoms with Crippen LogP contribution in [0.1, 0.15) is 19.8 Å². The van der Waals surface area contributed by atoms with Gasteiger partial charge in [-0.3, -0.25) is 9.59 Å². The quantitative estimate of drug-likeness (QED) is 0.707. The summed E-state index contributed by atoms with van der Waals surface area (Å²) in [6, 6.07) is 0. The van der Waals surface area contributed by atoms with E-state index < -0.39 is 23.7 Å². The Hall–Kier alpha value is -1.20. The summed E-state index contributed by atoms with van der Waals surface area (Å²) in [5.41, 5.74) is 0. The molecule has 0 aromatic rings. The van der Waals surface area contributed by atoms with E-state index in [9.17, 15) is 18.4 Å². The van der Waals surface area contributed by atoms with Crippen LogP contribution in [-0.4, -0.2) is 40.9 Å². The lowest BCUT2D eigenvalue weighted by molar-refractivity contribution is -0.152. The number of piperidine rings is 1. The van der Waals surface area contributed by atoms with Gasteiger partial charge in [0.05, 0.1) is 0 Å². The van der Waals surface area contributed by atoms with E-state index in [-0.39, 0.29) is 25.9 Å². The Morgan fingerprint density at radius 1 is 1.33 bits per heavy atom. The molecule has 1 aliphatic heterocycles. The largest absolute Gasteiger partial charge is 0.481 e. The van der Waals surface area contributed by atoms with Crippen molar-refractivity contribution in [1.29, 1.82) is 0 Å². The van der Waals surface area contributed by atoms with Gasteiger partial charge in [-0.25, -0.2) is 8.78 Å². The molecule has 15 heavy (non-hydrogen) atoms. The molecule has 0 saturated carbocycles. The molecular weight excluding hydrogens is 208 g/mol. The van der Waals surface area contributed by atoms with Crippen molar-refractivity contribution in [3.63, 3.8) is 0 Å². The minimum Gasteiger partial charge on any atom is -0.481 e. The zero-order valence-electron chi connectivity index (χ0n) is 8.37. The summed E-state index contributed by atoms with van der Waals surface area (Å²) in [7, 11) is 0. The number of hydrogen-bond acceptors (Lipinski definition) is 2. The SMILES string of the molecule is CC(C(=O)O)C(=O)N1CCC(F)(F)CC1. The molecule has 1 unspecified atom stereocenters. The summed E-state index contributed by atoms with van der Waals surface area (Å²) in [5.74, 6) is -5.68. The second-order valence-electron chi connectivity index (χ2n) is 3.74. The Bertz CT molecular complexity index is 271. The monoisotopic (exact) mass is 221 g/mol. The normalized spacial score (nSPS) is 22.2. The Kier molecular flexibility index (Phi) is 3.26. The zero-order chi connectivity index (χ0) is 11.6. The number of carbonyl (C=O) groups is 2. The number of carbonyl (C=O) groups excluding carboxylic acids is 1. The van der Waals surface area contributed by atoms with Crippen molar-refractivity contribution in [2.45, 2.75) is 25.7 Å². The number of alkyl halides is 2. The van der Waals surface area contributed by atoms with E-state index in [1.807, 2.05) is 0 Å². The average molecular weight is 221 g/mol. The molecule has 1 saturated heterocycles. The third kappa shape index (κ3) is 2.87. The molecule has 6 heteroatoms. The fraction of sp³-hybridized carbons (Fsp3) is 0.778. The first-order valence-electron chi connectivity index (χ1n) is 4.73. The van der Waals surface area contributed by atoms with E-state index in [0.29, 0.717) is 0 Å². The summed E-state index contributed by atoms with van der Waals surface area (Å²) in [6.07, 6.45) is -0.768. The highest BCUT2D eigenvalue weighted by Crippen LogP contribution is 2.28. The van der Waals surface area contributed by atoms with Crippen LogP contribution >= 0.6 is 0 Å². The van der Waals surface area contributed by atoms with Crippen molar-refractivity contribution >= 4 is 11.9 Å². The van der Waals surface area contributed by atoms with Crippen molar-refractivity contribution in [3.05, 3.63) is 0 Å². The number of carboxylic acids is 1. The number of halogens is 2. The zero-order valence-corrected chi connectivity index (χ0v) is 8.37. The summed E-state index contributed by atoms with van der Waals surface area (Å²) >= 11 is 0. The molecule has 1 aliphatic rings. The van der Waals surface area contributed by atoms with Crippen molar-refractivity contribution in [2.24, 2.45) is 5.92 Å². The molecule has 0 aliphatic carbocycles. The molecule has 1 rings (SSSR count). The third-order valence-corrected chi connectivity index (χ3v) is 2.55. The molecule has 1 heterocycles. The van der Waals surface area contributed by atoms with Crippen LogP contribution in [0.2, 0.25) is 0 Å². The summed E-state index contributed by atoms with van der Waals surface area (Å²) < 4.78 is 25.5. The lowest BCUT2D eigenvalue weighted by Gasteiger charge is -2.32. The van der Waals surface area contributed by atoms with Gasteiger partial charge in [0.15, 0.2) is 0 Å².